The van der Waals surface area contributed by atoms with Crippen LogP contribution in [0.5, 0.6) is 5.75 Å². The normalized spacial score (nSPS) is 16.6. The number of hydrogen-bond acceptors (Lipinski definition) is 6. The molecule has 0 aliphatic carbocycles. The summed E-state index contributed by atoms with van der Waals surface area (Å²) >= 11 is 6.09. The summed E-state index contributed by atoms with van der Waals surface area (Å²) in [6.45, 7) is 0. The molecule has 0 aromatic heterocycles. The number of carbonyl (C=O) groups is 3. The predicted octanol–water partition coefficient (Wildman–Crippen LogP) is 2.98. The van der Waals surface area contributed by atoms with Crippen molar-refractivity contribution in [2.75, 3.05) is 7.11 Å². The minimum Gasteiger partial charge on any atom is -0.496 e. The van der Waals surface area contributed by atoms with Gasteiger partial charge >= 0.3 is 11.9 Å². The Morgan fingerprint density at radius 1 is 1.21 bits per heavy atom. The van der Waals surface area contributed by atoms with E-state index < -0.39 is 30.3 Å². The Balaban J connectivity index is 2.02. The van der Waals surface area contributed by atoms with E-state index in [1.807, 2.05) is 24.3 Å². The molecule has 2 aromatic carbocycles. The second-order valence-electron chi connectivity index (χ2n) is 5.91. The van der Waals surface area contributed by atoms with Crippen LogP contribution < -0.4 is 4.74 Å². The van der Waals surface area contributed by atoms with Gasteiger partial charge in [0.2, 0.25) is 0 Å². The monoisotopic (exact) mass is 417 g/mol. The Morgan fingerprint density at radius 3 is 2.50 bits per heavy atom. The van der Waals surface area contributed by atoms with Gasteiger partial charge in [-0.3, -0.25) is 14.5 Å². The molecule has 3 rings (SSSR count). The summed E-state index contributed by atoms with van der Waals surface area (Å²) in [4.78, 5) is 36.3. The van der Waals surface area contributed by atoms with Crippen LogP contribution in [0, 0.1) is 0 Å². The van der Waals surface area contributed by atoms with Crippen molar-refractivity contribution in [3.8, 4) is 5.75 Å². The van der Waals surface area contributed by atoms with E-state index in [4.69, 9.17) is 22.1 Å². The Bertz CT molecular complexity index is 1030. The number of nitrogens with zero attached hydrogens (tertiary/aromatic N) is 1. The number of aliphatic carboxylic acids is 2. The van der Waals surface area contributed by atoms with Crippen LogP contribution in [0.25, 0.3) is 16.8 Å². The summed E-state index contributed by atoms with van der Waals surface area (Å²) in [5.74, 6) is -2.68. The summed E-state index contributed by atoms with van der Waals surface area (Å²) < 4.78 is 5.38. The van der Waals surface area contributed by atoms with Crippen molar-refractivity contribution >= 4 is 63.0 Å². The van der Waals surface area contributed by atoms with Gasteiger partial charge in [0.15, 0.2) is 0 Å². The maximum Gasteiger partial charge on any atom is 0.327 e. The highest BCUT2D eigenvalue weighted by Crippen LogP contribution is 2.37. The lowest BCUT2D eigenvalue weighted by molar-refractivity contribution is -0.150. The fourth-order valence-corrected chi connectivity index (χ4v) is 4.29. The van der Waals surface area contributed by atoms with Crippen molar-refractivity contribution in [1.82, 2.24) is 4.90 Å². The topological polar surface area (TPSA) is 104 Å². The molecule has 1 aliphatic rings. The molecule has 144 valence electrons. The largest absolute Gasteiger partial charge is 0.496 e. The van der Waals surface area contributed by atoms with E-state index in [9.17, 15) is 19.5 Å². The van der Waals surface area contributed by atoms with Gasteiger partial charge in [0, 0.05) is 5.39 Å². The Labute approximate surface area is 169 Å². The molecule has 0 saturated carbocycles. The van der Waals surface area contributed by atoms with Crippen LogP contribution in [-0.2, 0) is 14.4 Å². The van der Waals surface area contributed by atoms with Crippen molar-refractivity contribution in [2.45, 2.75) is 12.5 Å². The fraction of sp³-hybridized carbons (Fsp3) is 0.158. The summed E-state index contributed by atoms with van der Waals surface area (Å²) in [6, 6.07) is 9.52. The molecule has 0 radical (unpaired) electrons. The zero-order valence-corrected chi connectivity index (χ0v) is 16.3. The average Bonchev–Trinajstić information content (AvgIpc) is 2.93. The Morgan fingerprint density at radius 2 is 1.89 bits per heavy atom. The molecule has 0 bridgehead atoms. The van der Waals surface area contributed by atoms with Crippen molar-refractivity contribution in [2.24, 2.45) is 0 Å². The lowest BCUT2D eigenvalue weighted by Gasteiger charge is -2.21. The molecular formula is C19H15NO6S2. The average molecular weight is 417 g/mol. The highest BCUT2D eigenvalue weighted by Gasteiger charge is 2.41. The van der Waals surface area contributed by atoms with Crippen molar-refractivity contribution < 1.29 is 29.3 Å². The summed E-state index contributed by atoms with van der Waals surface area (Å²) in [6.07, 6.45) is 0.890. The van der Waals surface area contributed by atoms with Gasteiger partial charge in [-0.1, -0.05) is 54.3 Å². The zero-order valence-electron chi connectivity index (χ0n) is 14.6. The minimum atomic E-state index is -1.55. The Hall–Kier alpha value is -2.91. The number of methoxy groups -OCH3 is 1. The summed E-state index contributed by atoms with van der Waals surface area (Å²) in [5.41, 5.74) is 0.738. The van der Waals surface area contributed by atoms with Crippen LogP contribution >= 0.6 is 24.0 Å². The number of amides is 1. The number of fused-ring (bicyclic) bond motifs is 1. The first-order valence-electron chi connectivity index (χ1n) is 8.11. The standard InChI is InChI=1S/C19H15NO6S2/c1-26-14-7-6-10(11-4-2-3-5-12(11)14)8-15-17(23)20(19(27)28-15)13(18(24)25)9-16(21)22/h2-8,13H,9H2,1H3,(H,21,22)(H,24,25). The summed E-state index contributed by atoms with van der Waals surface area (Å²) in [5, 5.41) is 20.0. The van der Waals surface area contributed by atoms with Gasteiger partial charge in [-0.15, -0.1) is 0 Å². The first-order chi connectivity index (χ1) is 13.3. The molecule has 2 aromatic rings. The van der Waals surface area contributed by atoms with Crippen LogP contribution in [0.1, 0.15) is 12.0 Å². The number of hydrogen-bond donors (Lipinski definition) is 2. The van der Waals surface area contributed by atoms with E-state index in [1.54, 1.807) is 25.3 Å². The van der Waals surface area contributed by atoms with E-state index in [1.165, 1.54) is 0 Å². The van der Waals surface area contributed by atoms with Gasteiger partial charge in [-0.25, -0.2) is 4.79 Å². The number of thiocarbonyl (C=S) groups is 1. The molecule has 1 fully saturated rings. The second-order valence-corrected chi connectivity index (χ2v) is 7.58. The molecule has 28 heavy (non-hydrogen) atoms. The maximum atomic E-state index is 12.8. The lowest BCUT2D eigenvalue weighted by Crippen LogP contribution is -2.45. The minimum absolute atomic E-state index is 0.0164. The number of carbonyl (C=O) groups excluding carboxylic acids is 1. The molecule has 7 nitrogen and oxygen atoms in total. The number of thioether (sulfide) groups is 1. The highest BCUT2D eigenvalue weighted by atomic mass is 32.2. The quantitative estimate of drug-likeness (QED) is 0.546. The second kappa shape index (κ2) is 7.99. The number of carboxylic acids is 2. The van der Waals surface area contributed by atoms with E-state index >= 15 is 0 Å². The fourth-order valence-electron chi connectivity index (χ4n) is 2.94. The molecule has 1 heterocycles. The van der Waals surface area contributed by atoms with Crippen LogP contribution in [-0.4, -0.2) is 50.4 Å². The predicted molar refractivity (Wildman–Crippen MR) is 109 cm³/mol. The molecule has 1 amide bonds. The van der Waals surface area contributed by atoms with Gasteiger partial charge in [0.1, 0.15) is 16.1 Å². The van der Waals surface area contributed by atoms with E-state index in [2.05, 4.69) is 0 Å². The molecule has 1 unspecified atom stereocenters. The van der Waals surface area contributed by atoms with E-state index in [0.29, 0.717) is 5.75 Å². The van der Waals surface area contributed by atoms with E-state index in [-0.39, 0.29) is 9.23 Å². The van der Waals surface area contributed by atoms with Crippen LogP contribution in [0.4, 0.5) is 0 Å². The van der Waals surface area contributed by atoms with Crippen molar-refractivity contribution in [1.29, 1.82) is 0 Å². The summed E-state index contributed by atoms with van der Waals surface area (Å²) in [7, 11) is 1.57. The molecule has 1 aliphatic heterocycles. The molecule has 9 heteroatoms. The van der Waals surface area contributed by atoms with Gasteiger partial charge in [0.25, 0.3) is 5.91 Å². The van der Waals surface area contributed by atoms with Crippen LogP contribution in [0.15, 0.2) is 41.3 Å². The van der Waals surface area contributed by atoms with Crippen molar-refractivity contribution in [3.63, 3.8) is 0 Å². The number of rotatable bonds is 6. The van der Waals surface area contributed by atoms with E-state index in [0.717, 1.165) is 33.0 Å². The molecular weight excluding hydrogens is 402 g/mol. The third-order valence-corrected chi connectivity index (χ3v) is 5.54. The molecule has 1 saturated heterocycles. The third-order valence-electron chi connectivity index (χ3n) is 4.21. The highest BCUT2D eigenvalue weighted by molar-refractivity contribution is 8.26. The lowest BCUT2D eigenvalue weighted by atomic mass is 10.0. The van der Waals surface area contributed by atoms with Gasteiger partial charge < -0.3 is 14.9 Å². The third kappa shape index (κ3) is 3.71. The zero-order chi connectivity index (χ0) is 20.4. The molecule has 1 atom stereocenters. The van der Waals surface area contributed by atoms with Crippen LogP contribution in [0.3, 0.4) is 0 Å². The first kappa shape index (κ1) is 19.8. The van der Waals surface area contributed by atoms with Crippen molar-refractivity contribution in [3.05, 3.63) is 46.9 Å². The number of ether oxygens (including phenoxy) is 1. The molecule has 2 N–H and O–H groups in total. The number of carboxylic acid groups (broad SMARTS) is 2. The van der Waals surface area contributed by atoms with Crippen LogP contribution in [0.2, 0.25) is 0 Å². The SMILES string of the molecule is COc1ccc(C=C2SC(=S)N(C(CC(=O)O)C(=O)O)C2=O)c2ccccc12. The smallest absolute Gasteiger partial charge is 0.327 e. The van der Waals surface area contributed by atoms with Gasteiger partial charge in [0.05, 0.1) is 18.4 Å². The first-order valence-corrected chi connectivity index (χ1v) is 9.33. The number of benzene rings is 2. The Kier molecular flexibility index (Phi) is 5.66. The van der Waals surface area contributed by atoms with Gasteiger partial charge in [-0.2, -0.15) is 0 Å². The molecule has 0 spiro atoms. The maximum absolute atomic E-state index is 12.8. The van der Waals surface area contributed by atoms with Gasteiger partial charge in [-0.05, 0) is 23.1 Å².